The molecule has 80 valence electrons. The molecule has 14 heavy (non-hydrogen) atoms. The summed E-state index contributed by atoms with van der Waals surface area (Å²) in [6, 6.07) is 0.259. The van der Waals surface area contributed by atoms with Gasteiger partial charge in [0.05, 0.1) is 13.1 Å². The van der Waals surface area contributed by atoms with Gasteiger partial charge in [-0.15, -0.1) is 6.42 Å². The fourth-order valence-electron chi connectivity index (χ4n) is 1.25. The molecule has 2 N–H and O–H groups in total. The molecule has 0 aliphatic rings. The first-order valence-corrected chi connectivity index (χ1v) is 5.05. The van der Waals surface area contributed by atoms with E-state index in [1.54, 1.807) is 0 Å². The second kappa shape index (κ2) is 7.40. The van der Waals surface area contributed by atoms with Crippen molar-refractivity contribution >= 4 is 5.91 Å². The molecule has 0 spiro atoms. The lowest BCUT2D eigenvalue weighted by molar-refractivity contribution is -0.121. The highest BCUT2D eigenvalue weighted by atomic mass is 16.1. The SMILES string of the molecule is C#CCNCC(=O)NC(CC)C(C)C. The van der Waals surface area contributed by atoms with Crippen LogP contribution in [0.25, 0.3) is 0 Å². The molecule has 0 rings (SSSR count). The van der Waals surface area contributed by atoms with E-state index in [-0.39, 0.29) is 11.9 Å². The summed E-state index contributed by atoms with van der Waals surface area (Å²) in [5, 5.41) is 5.81. The number of nitrogens with one attached hydrogen (secondary N) is 2. The molecule has 3 nitrogen and oxygen atoms in total. The number of hydrogen-bond donors (Lipinski definition) is 2. The highest BCUT2D eigenvalue weighted by molar-refractivity contribution is 5.78. The second-order valence-corrected chi connectivity index (χ2v) is 3.63. The number of carbonyl (C=O) groups is 1. The third kappa shape index (κ3) is 5.60. The van der Waals surface area contributed by atoms with Crippen LogP contribution < -0.4 is 10.6 Å². The van der Waals surface area contributed by atoms with Crippen LogP contribution in [0.15, 0.2) is 0 Å². The molecular formula is C11H20N2O. The molecule has 0 aliphatic carbocycles. The molecule has 1 amide bonds. The Hall–Kier alpha value is -1.01. The van der Waals surface area contributed by atoms with Crippen LogP contribution in [-0.4, -0.2) is 25.0 Å². The molecule has 0 radical (unpaired) electrons. The average Bonchev–Trinajstić information content (AvgIpc) is 2.14. The molecule has 3 heteroatoms. The fraction of sp³-hybridized carbons (Fsp3) is 0.727. The van der Waals surface area contributed by atoms with Gasteiger partial charge in [-0.05, 0) is 12.3 Å². The van der Waals surface area contributed by atoms with Crippen LogP contribution in [0.1, 0.15) is 27.2 Å². The van der Waals surface area contributed by atoms with E-state index in [0.717, 1.165) is 6.42 Å². The molecular weight excluding hydrogens is 176 g/mol. The number of rotatable bonds is 6. The Bertz CT molecular complexity index is 206. The minimum atomic E-state index is 0.0146. The number of terminal acetylenes is 1. The Morgan fingerprint density at radius 1 is 1.50 bits per heavy atom. The first-order valence-electron chi connectivity index (χ1n) is 5.05. The lowest BCUT2D eigenvalue weighted by Crippen LogP contribution is -2.42. The van der Waals surface area contributed by atoms with Gasteiger partial charge in [-0.3, -0.25) is 10.1 Å². The maximum Gasteiger partial charge on any atom is 0.234 e. The van der Waals surface area contributed by atoms with E-state index < -0.39 is 0 Å². The van der Waals surface area contributed by atoms with Crippen molar-refractivity contribution in [3.05, 3.63) is 0 Å². The molecule has 0 heterocycles. The zero-order valence-electron chi connectivity index (χ0n) is 9.26. The van der Waals surface area contributed by atoms with E-state index in [2.05, 4.69) is 37.3 Å². The average molecular weight is 196 g/mol. The Morgan fingerprint density at radius 3 is 2.57 bits per heavy atom. The quantitative estimate of drug-likeness (QED) is 0.486. The molecule has 0 aliphatic heterocycles. The third-order valence-corrected chi connectivity index (χ3v) is 2.10. The molecule has 0 saturated heterocycles. The zero-order chi connectivity index (χ0) is 11.0. The minimum Gasteiger partial charge on any atom is -0.352 e. The fourth-order valence-corrected chi connectivity index (χ4v) is 1.25. The monoisotopic (exact) mass is 196 g/mol. The third-order valence-electron chi connectivity index (χ3n) is 2.10. The molecule has 1 atom stereocenters. The lowest BCUT2D eigenvalue weighted by Gasteiger charge is -2.20. The molecule has 0 fully saturated rings. The second-order valence-electron chi connectivity index (χ2n) is 3.63. The predicted molar refractivity (Wildman–Crippen MR) is 58.8 cm³/mol. The van der Waals surface area contributed by atoms with Crippen LogP contribution in [0.3, 0.4) is 0 Å². The Morgan fingerprint density at radius 2 is 2.14 bits per heavy atom. The Kier molecular flexibility index (Phi) is 6.87. The highest BCUT2D eigenvalue weighted by Crippen LogP contribution is 2.04. The van der Waals surface area contributed by atoms with E-state index in [1.807, 2.05) is 0 Å². The molecule has 0 aromatic carbocycles. The summed E-state index contributed by atoms with van der Waals surface area (Å²) in [6.45, 7) is 7.01. The van der Waals surface area contributed by atoms with E-state index >= 15 is 0 Å². The summed E-state index contributed by atoms with van der Waals surface area (Å²) in [5.41, 5.74) is 0. The summed E-state index contributed by atoms with van der Waals surface area (Å²) in [6.07, 6.45) is 6.00. The van der Waals surface area contributed by atoms with Gasteiger partial charge in [0.25, 0.3) is 0 Å². The van der Waals surface area contributed by atoms with Crippen molar-refractivity contribution in [3.8, 4) is 12.3 Å². The number of carbonyl (C=O) groups excluding carboxylic acids is 1. The maximum absolute atomic E-state index is 11.3. The van der Waals surface area contributed by atoms with E-state index in [4.69, 9.17) is 6.42 Å². The lowest BCUT2D eigenvalue weighted by atomic mass is 10.0. The van der Waals surface area contributed by atoms with Gasteiger partial charge < -0.3 is 5.32 Å². The maximum atomic E-state index is 11.3. The van der Waals surface area contributed by atoms with Gasteiger partial charge in [0, 0.05) is 6.04 Å². The topological polar surface area (TPSA) is 41.1 Å². The van der Waals surface area contributed by atoms with Gasteiger partial charge in [-0.1, -0.05) is 26.7 Å². The highest BCUT2D eigenvalue weighted by Gasteiger charge is 2.12. The number of hydrogen-bond acceptors (Lipinski definition) is 2. The smallest absolute Gasteiger partial charge is 0.234 e. The van der Waals surface area contributed by atoms with Gasteiger partial charge in [0.15, 0.2) is 0 Å². The Balaban J connectivity index is 3.75. The molecule has 0 saturated carbocycles. The summed E-state index contributed by atoms with van der Waals surface area (Å²) in [4.78, 5) is 11.3. The predicted octanol–water partition coefficient (Wildman–Crippen LogP) is 0.760. The van der Waals surface area contributed by atoms with Crippen LogP contribution >= 0.6 is 0 Å². The summed E-state index contributed by atoms with van der Waals surface area (Å²) in [5.74, 6) is 2.91. The van der Waals surface area contributed by atoms with Gasteiger partial charge in [0.1, 0.15) is 0 Å². The van der Waals surface area contributed by atoms with Crippen LogP contribution in [0.2, 0.25) is 0 Å². The van der Waals surface area contributed by atoms with Crippen molar-refractivity contribution in [1.82, 2.24) is 10.6 Å². The summed E-state index contributed by atoms with van der Waals surface area (Å²) in [7, 11) is 0. The summed E-state index contributed by atoms with van der Waals surface area (Å²) < 4.78 is 0. The van der Waals surface area contributed by atoms with Crippen LogP contribution in [0.4, 0.5) is 0 Å². The van der Waals surface area contributed by atoms with Gasteiger partial charge in [0.2, 0.25) is 5.91 Å². The van der Waals surface area contributed by atoms with Gasteiger partial charge >= 0.3 is 0 Å². The van der Waals surface area contributed by atoms with Crippen molar-refractivity contribution in [2.75, 3.05) is 13.1 Å². The standard InChI is InChI=1S/C11H20N2O/c1-5-7-12-8-11(14)13-10(6-2)9(3)4/h1,9-10,12H,6-8H2,2-4H3,(H,13,14). The van der Waals surface area contributed by atoms with Crippen LogP contribution in [0, 0.1) is 18.3 Å². The first kappa shape index (κ1) is 13.0. The summed E-state index contributed by atoms with van der Waals surface area (Å²) >= 11 is 0. The van der Waals surface area contributed by atoms with Crippen molar-refractivity contribution < 1.29 is 4.79 Å². The molecule has 1 unspecified atom stereocenters. The van der Waals surface area contributed by atoms with Crippen LogP contribution in [-0.2, 0) is 4.79 Å². The first-order chi connectivity index (χ1) is 6.61. The van der Waals surface area contributed by atoms with Crippen molar-refractivity contribution in [2.45, 2.75) is 33.2 Å². The molecule has 0 bridgehead atoms. The molecule has 0 aromatic heterocycles. The van der Waals surface area contributed by atoms with Crippen molar-refractivity contribution in [2.24, 2.45) is 5.92 Å². The number of amides is 1. The largest absolute Gasteiger partial charge is 0.352 e. The molecule has 0 aromatic rings. The van der Waals surface area contributed by atoms with Crippen molar-refractivity contribution in [1.29, 1.82) is 0 Å². The van der Waals surface area contributed by atoms with Crippen molar-refractivity contribution in [3.63, 3.8) is 0 Å². The van der Waals surface area contributed by atoms with E-state index in [1.165, 1.54) is 0 Å². The zero-order valence-corrected chi connectivity index (χ0v) is 9.26. The minimum absolute atomic E-state index is 0.0146. The van der Waals surface area contributed by atoms with Gasteiger partial charge in [-0.25, -0.2) is 0 Å². The normalized spacial score (nSPS) is 12.2. The Labute approximate surface area is 86.6 Å². The van der Waals surface area contributed by atoms with Crippen LogP contribution in [0.5, 0.6) is 0 Å². The van der Waals surface area contributed by atoms with E-state index in [0.29, 0.717) is 19.0 Å². The van der Waals surface area contributed by atoms with E-state index in [9.17, 15) is 4.79 Å². The van der Waals surface area contributed by atoms with Gasteiger partial charge in [-0.2, -0.15) is 0 Å².